The molecule has 21 heavy (non-hydrogen) atoms. The van der Waals surface area contributed by atoms with Crippen molar-refractivity contribution in [2.75, 3.05) is 40.0 Å². The lowest BCUT2D eigenvalue weighted by Crippen LogP contribution is -2.36. The highest BCUT2D eigenvalue weighted by Crippen LogP contribution is 2.06. The van der Waals surface area contributed by atoms with Crippen molar-refractivity contribution in [2.24, 2.45) is 5.92 Å². The van der Waals surface area contributed by atoms with Gasteiger partial charge >= 0.3 is 0 Å². The highest BCUT2D eigenvalue weighted by Gasteiger charge is 2.12. The summed E-state index contributed by atoms with van der Waals surface area (Å²) in [7, 11) is 1.70. The highest BCUT2D eigenvalue weighted by atomic mass is 16.5. The monoisotopic (exact) mass is 295 g/mol. The molecule has 0 aliphatic carbocycles. The first-order valence-corrected chi connectivity index (χ1v) is 7.62. The molecule has 1 atom stereocenters. The second-order valence-electron chi connectivity index (χ2n) is 5.80. The maximum atomic E-state index is 10.1. The summed E-state index contributed by atoms with van der Waals surface area (Å²) < 4.78 is 10.7. The highest BCUT2D eigenvalue weighted by molar-refractivity contribution is 5.14. The van der Waals surface area contributed by atoms with E-state index in [2.05, 4.69) is 30.9 Å². The standard InChI is InChI=1S/C17H29NO3/c1-15(2)13-21-14-17(19)12-18(9-10-20-3)11-16-7-5-4-6-8-16/h4-8,15,17,19H,9-14H2,1-3H3/t17-/m1/s1. The van der Waals surface area contributed by atoms with Gasteiger partial charge in [0, 0.05) is 33.4 Å². The fourth-order valence-corrected chi connectivity index (χ4v) is 2.09. The van der Waals surface area contributed by atoms with Crippen molar-refractivity contribution in [3.63, 3.8) is 0 Å². The molecule has 0 fully saturated rings. The third kappa shape index (κ3) is 8.83. The molecule has 1 aromatic rings. The Kier molecular flexibility index (Phi) is 9.26. The number of methoxy groups -OCH3 is 1. The molecule has 1 N–H and O–H groups in total. The molecule has 0 aromatic heterocycles. The number of aliphatic hydroxyl groups excluding tert-OH is 1. The Morgan fingerprint density at radius 3 is 2.48 bits per heavy atom. The summed E-state index contributed by atoms with van der Waals surface area (Å²) in [6.07, 6.45) is -0.468. The van der Waals surface area contributed by atoms with Crippen LogP contribution in [0.4, 0.5) is 0 Å². The van der Waals surface area contributed by atoms with Gasteiger partial charge in [-0.1, -0.05) is 44.2 Å². The van der Waals surface area contributed by atoms with Crippen LogP contribution in [0.15, 0.2) is 30.3 Å². The molecule has 0 bridgehead atoms. The summed E-state index contributed by atoms with van der Waals surface area (Å²) in [4.78, 5) is 2.20. The first-order valence-electron chi connectivity index (χ1n) is 7.62. The van der Waals surface area contributed by atoms with Crippen LogP contribution in [0.25, 0.3) is 0 Å². The molecule has 4 heteroatoms. The summed E-state index contributed by atoms with van der Waals surface area (Å²) in [6.45, 7) is 8.14. The Morgan fingerprint density at radius 1 is 1.14 bits per heavy atom. The first kappa shape index (κ1) is 18.1. The van der Waals surface area contributed by atoms with E-state index in [1.54, 1.807) is 7.11 Å². The third-order valence-electron chi connectivity index (χ3n) is 3.09. The average molecular weight is 295 g/mol. The smallest absolute Gasteiger partial charge is 0.0900 e. The lowest BCUT2D eigenvalue weighted by Gasteiger charge is -2.25. The molecule has 0 amide bonds. The van der Waals surface area contributed by atoms with Gasteiger partial charge in [-0.15, -0.1) is 0 Å². The molecule has 0 aliphatic heterocycles. The maximum absolute atomic E-state index is 10.1. The maximum Gasteiger partial charge on any atom is 0.0900 e. The van der Waals surface area contributed by atoms with E-state index in [0.717, 1.165) is 13.1 Å². The van der Waals surface area contributed by atoms with Crippen LogP contribution < -0.4 is 0 Å². The molecule has 120 valence electrons. The van der Waals surface area contributed by atoms with Crippen molar-refractivity contribution in [1.29, 1.82) is 0 Å². The van der Waals surface area contributed by atoms with Gasteiger partial charge in [0.1, 0.15) is 0 Å². The number of benzene rings is 1. The zero-order chi connectivity index (χ0) is 15.5. The van der Waals surface area contributed by atoms with E-state index in [9.17, 15) is 5.11 Å². The van der Waals surface area contributed by atoms with E-state index >= 15 is 0 Å². The van der Waals surface area contributed by atoms with Gasteiger partial charge in [-0.25, -0.2) is 0 Å². The fourth-order valence-electron chi connectivity index (χ4n) is 2.09. The fraction of sp³-hybridized carbons (Fsp3) is 0.647. The van der Waals surface area contributed by atoms with Crippen molar-refractivity contribution < 1.29 is 14.6 Å². The molecular weight excluding hydrogens is 266 g/mol. The zero-order valence-electron chi connectivity index (χ0n) is 13.5. The summed E-state index contributed by atoms with van der Waals surface area (Å²) in [5, 5.41) is 10.1. The van der Waals surface area contributed by atoms with Crippen molar-refractivity contribution in [3.05, 3.63) is 35.9 Å². The molecule has 0 saturated carbocycles. The molecule has 0 heterocycles. The second kappa shape index (κ2) is 10.7. The molecule has 1 aromatic carbocycles. The zero-order valence-corrected chi connectivity index (χ0v) is 13.5. The van der Waals surface area contributed by atoms with Gasteiger partial charge in [0.2, 0.25) is 0 Å². The van der Waals surface area contributed by atoms with E-state index in [-0.39, 0.29) is 0 Å². The van der Waals surface area contributed by atoms with Gasteiger partial charge in [-0.3, -0.25) is 4.90 Å². The topological polar surface area (TPSA) is 41.9 Å². The van der Waals surface area contributed by atoms with E-state index in [0.29, 0.717) is 32.3 Å². The van der Waals surface area contributed by atoms with E-state index in [4.69, 9.17) is 9.47 Å². The Balaban J connectivity index is 2.41. The minimum absolute atomic E-state index is 0.385. The molecule has 4 nitrogen and oxygen atoms in total. The van der Waals surface area contributed by atoms with E-state index in [1.807, 2.05) is 18.2 Å². The average Bonchev–Trinajstić information content (AvgIpc) is 2.45. The van der Waals surface area contributed by atoms with Gasteiger partial charge in [-0.2, -0.15) is 0 Å². The van der Waals surface area contributed by atoms with Gasteiger partial charge in [0.25, 0.3) is 0 Å². The molecular formula is C17H29NO3. The van der Waals surface area contributed by atoms with E-state index in [1.165, 1.54) is 5.56 Å². The van der Waals surface area contributed by atoms with Crippen molar-refractivity contribution in [3.8, 4) is 0 Å². The van der Waals surface area contributed by atoms with Gasteiger partial charge < -0.3 is 14.6 Å². The lowest BCUT2D eigenvalue weighted by atomic mass is 10.2. The van der Waals surface area contributed by atoms with Crippen molar-refractivity contribution >= 4 is 0 Å². The van der Waals surface area contributed by atoms with Crippen LogP contribution in [0, 0.1) is 5.92 Å². The van der Waals surface area contributed by atoms with Crippen LogP contribution in [-0.4, -0.2) is 56.1 Å². The number of nitrogens with zero attached hydrogens (tertiary/aromatic N) is 1. The van der Waals surface area contributed by atoms with Crippen LogP contribution in [0.2, 0.25) is 0 Å². The summed E-state index contributed by atoms with van der Waals surface area (Å²) in [6, 6.07) is 10.3. The van der Waals surface area contributed by atoms with Crippen LogP contribution in [0.5, 0.6) is 0 Å². The van der Waals surface area contributed by atoms with Gasteiger partial charge in [0.05, 0.1) is 19.3 Å². The summed E-state index contributed by atoms with van der Waals surface area (Å²) >= 11 is 0. The van der Waals surface area contributed by atoms with Crippen LogP contribution >= 0.6 is 0 Å². The van der Waals surface area contributed by atoms with Gasteiger partial charge in [-0.05, 0) is 11.5 Å². The number of aliphatic hydroxyl groups is 1. The van der Waals surface area contributed by atoms with Crippen LogP contribution in [-0.2, 0) is 16.0 Å². The minimum atomic E-state index is -0.468. The molecule has 0 saturated heterocycles. The molecule has 1 rings (SSSR count). The molecule has 0 radical (unpaired) electrons. The number of hydrogen-bond acceptors (Lipinski definition) is 4. The van der Waals surface area contributed by atoms with Crippen molar-refractivity contribution in [2.45, 2.75) is 26.5 Å². The third-order valence-corrected chi connectivity index (χ3v) is 3.09. The quantitative estimate of drug-likeness (QED) is 0.679. The SMILES string of the molecule is COCCN(Cc1ccccc1)C[C@@H](O)COCC(C)C. The normalized spacial score (nSPS) is 13.0. The Hall–Kier alpha value is -0.940. The predicted molar refractivity (Wildman–Crippen MR) is 85.3 cm³/mol. The first-order chi connectivity index (χ1) is 10.1. The largest absolute Gasteiger partial charge is 0.389 e. The number of hydrogen-bond donors (Lipinski definition) is 1. The molecule has 0 aliphatic rings. The minimum Gasteiger partial charge on any atom is -0.389 e. The van der Waals surface area contributed by atoms with Crippen LogP contribution in [0.3, 0.4) is 0 Å². The van der Waals surface area contributed by atoms with E-state index < -0.39 is 6.10 Å². The van der Waals surface area contributed by atoms with Crippen LogP contribution in [0.1, 0.15) is 19.4 Å². The predicted octanol–water partition coefficient (Wildman–Crippen LogP) is 2.17. The Morgan fingerprint density at radius 2 is 1.86 bits per heavy atom. The Bertz CT molecular complexity index is 356. The summed E-state index contributed by atoms with van der Waals surface area (Å²) in [5.41, 5.74) is 1.24. The number of rotatable bonds is 11. The Labute approximate surface area is 128 Å². The van der Waals surface area contributed by atoms with Gasteiger partial charge in [0.15, 0.2) is 0 Å². The van der Waals surface area contributed by atoms with Crippen molar-refractivity contribution in [1.82, 2.24) is 4.90 Å². The summed E-state index contributed by atoms with van der Waals surface area (Å²) in [5.74, 6) is 0.492. The number of ether oxygens (including phenoxy) is 2. The second-order valence-corrected chi connectivity index (χ2v) is 5.80. The lowest BCUT2D eigenvalue weighted by molar-refractivity contribution is 0.00336. The molecule has 0 spiro atoms. The molecule has 0 unspecified atom stereocenters.